The molecule has 1 fully saturated rings. The summed E-state index contributed by atoms with van der Waals surface area (Å²) in [5.41, 5.74) is 1.66. The number of nitriles is 1. The number of nitrogens with zero attached hydrogens (tertiary/aromatic N) is 3. The van der Waals surface area contributed by atoms with E-state index in [2.05, 4.69) is 15.6 Å². The molecule has 0 aliphatic heterocycles. The molecule has 4 rings (SSSR count). The summed E-state index contributed by atoms with van der Waals surface area (Å²) in [5, 5.41) is 14.8. The van der Waals surface area contributed by atoms with Crippen molar-refractivity contribution < 1.29 is 9.59 Å². The van der Waals surface area contributed by atoms with E-state index >= 15 is 0 Å². The summed E-state index contributed by atoms with van der Waals surface area (Å²) in [6, 6.07) is 14.2. The third-order valence-corrected chi connectivity index (χ3v) is 4.91. The number of anilines is 1. The van der Waals surface area contributed by atoms with Crippen LogP contribution in [-0.4, -0.2) is 27.2 Å². The predicted molar refractivity (Wildman–Crippen MR) is 104 cm³/mol. The van der Waals surface area contributed by atoms with E-state index in [-0.39, 0.29) is 23.5 Å². The van der Waals surface area contributed by atoms with Crippen LogP contribution in [0, 0.1) is 11.3 Å². The number of imidazole rings is 1. The van der Waals surface area contributed by atoms with Crippen LogP contribution in [0.4, 0.5) is 5.69 Å². The summed E-state index contributed by atoms with van der Waals surface area (Å²) in [7, 11) is 0. The summed E-state index contributed by atoms with van der Waals surface area (Å²) in [5.74, 6) is -0.518. The lowest BCUT2D eigenvalue weighted by Crippen LogP contribution is -2.33. The molecule has 2 N–H and O–H groups in total. The van der Waals surface area contributed by atoms with Crippen molar-refractivity contribution in [2.75, 3.05) is 5.32 Å². The molecule has 2 aromatic heterocycles. The van der Waals surface area contributed by atoms with E-state index < -0.39 is 5.91 Å². The van der Waals surface area contributed by atoms with Crippen molar-refractivity contribution in [2.45, 2.75) is 31.7 Å². The minimum absolute atomic E-state index is 0.162. The van der Waals surface area contributed by atoms with Crippen molar-refractivity contribution in [3.05, 3.63) is 65.7 Å². The SMILES string of the molecule is N#Cc1cccc(NC(=O)c2nc(C(=O)NC3CCCC3)n3ccccc23)c1. The number of fused-ring (bicyclic) bond motifs is 1. The maximum absolute atomic E-state index is 12.8. The minimum Gasteiger partial charge on any atom is -0.347 e. The average molecular weight is 373 g/mol. The number of benzene rings is 1. The summed E-state index contributed by atoms with van der Waals surface area (Å²) < 4.78 is 1.63. The molecular weight excluding hydrogens is 354 g/mol. The molecule has 1 aliphatic carbocycles. The van der Waals surface area contributed by atoms with E-state index in [0.29, 0.717) is 16.8 Å². The van der Waals surface area contributed by atoms with Gasteiger partial charge in [-0.2, -0.15) is 5.26 Å². The van der Waals surface area contributed by atoms with Crippen molar-refractivity contribution in [2.24, 2.45) is 0 Å². The number of carbonyl (C=O) groups is 2. The van der Waals surface area contributed by atoms with Gasteiger partial charge in [-0.15, -0.1) is 0 Å². The van der Waals surface area contributed by atoms with Gasteiger partial charge < -0.3 is 10.6 Å². The van der Waals surface area contributed by atoms with Gasteiger partial charge in [0.15, 0.2) is 5.69 Å². The predicted octanol–water partition coefficient (Wildman–Crippen LogP) is 3.13. The summed E-state index contributed by atoms with van der Waals surface area (Å²) in [6.45, 7) is 0. The number of hydrogen-bond acceptors (Lipinski definition) is 4. The molecular formula is C21H19N5O2. The molecule has 2 amide bonds. The third-order valence-electron chi connectivity index (χ3n) is 4.91. The second-order valence-electron chi connectivity index (χ2n) is 6.84. The normalized spacial score (nSPS) is 14.0. The Morgan fingerprint density at radius 1 is 1.11 bits per heavy atom. The molecule has 140 valence electrons. The summed E-state index contributed by atoms with van der Waals surface area (Å²) >= 11 is 0. The minimum atomic E-state index is -0.432. The first kappa shape index (κ1) is 17.7. The van der Waals surface area contributed by atoms with Crippen LogP contribution >= 0.6 is 0 Å². The van der Waals surface area contributed by atoms with Gasteiger partial charge in [0.05, 0.1) is 17.1 Å². The van der Waals surface area contributed by atoms with E-state index in [1.807, 2.05) is 6.07 Å². The Bertz CT molecular complexity index is 1090. The highest BCUT2D eigenvalue weighted by Crippen LogP contribution is 2.20. The Labute approximate surface area is 162 Å². The quantitative estimate of drug-likeness (QED) is 0.734. The highest BCUT2D eigenvalue weighted by atomic mass is 16.2. The number of aromatic nitrogens is 2. The number of hydrogen-bond donors (Lipinski definition) is 2. The van der Waals surface area contributed by atoms with Gasteiger partial charge >= 0.3 is 0 Å². The maximum Gasteiger partial charge on any atom is 0.287 e. The Hall–Kier alpha value is -3.66. The monoisotopic (exact) mass is 373 g/mol. The number of amides is 2. The molecule has 0 saturated heterocycles. The zero-order chi connectivity index (χ0) is 19.5. The fourth-order valence-corrected chi connectivity index (χ4v) is 3.54. The average Bonchev–Trinajstić information content (AvgIpc) is 3.35. The number of nitrogens with one attached hydrogen (secondary N) is 2. The van der Waals surface area contributed by atoms with Gasteiger partial charge in [0.25, 0.3) is 11.8 Å². The molecule has 1 saturated carbocycles. The van der Waals surface area contributed by atoms with Gasteiger partial charge in [-0.1, -0.05) is 25.0 Å². The van der Waals surface area contributed by atoms with Crippen LogP contribution in [0.2, 0.25) is 0 Å². The standard InChI is InChI=1S/C21H19N5O2/c22-13-14-6-5-9-16(12-14)24-20(27)18-17-10-3-4-11-26(17)19(25-18)21(28)23-15-7-1-2-8-15/h3-6,9-12,15H,1-2,7-8H2,(H,23,28)(H,24,27). The molecule has 7 heteroatoms. The van der Waals surface area contributed by atoms with Crippen molar-refractivity contribution in [3.8, 4) is 6.07 Å². The van der Waals surface area contributed by atoms with Gasteiger partial charge in [0.2, 0.25) is 5.82 Å². The third kappa shape index (κ3) is 3.45. The summed E-state index contributed by atoms with van der Waals surface area (Å²) in [4.78, 5) is 29.9. The number of carbonyl (C=O) groups excluding carboxylic acids is 2. The molecule has 7 nitrogen and oxygen atoms in total. The second-order valence-corrected chi connectivity index (χ2v) is 6.84. The first-order valence-corrected chi connectivity index (χ1v) is 9.25. The van der Waals surface area contributed by atoms with Crippen molar-refractivity contribution >= 4 is 23.0 Å². The van der Waals surface area contributed by atoms with Crippen LogP contribution in [0.1, 0.15) is 52.4 Å². The number of rotatable bonds is 4. The molecule has 28 heavy (non-hydrogen) atoms. The second kappa shape index (κ2) is 7.53. The lowest BCUT2D eigenvalue weighted by atomic mass is 10.2. The molecule has 0 radical (unpaired) electrons. The van der Waals surface area contributed by atoms with Gasteiger partial charge in [-0.25, -0.2) is 4.98 Å². The van der Waals surface area contributed by atoms with Crippen LogP contribution in [0.25, 0.3) is 5.52 Å². The van der Waals surface area contributed by atoms with Crippen LogP contribution in [0.3, 0.4) is 0 Å². The molecule has 0 bridgehead atoms. The van der Waals surface area contributed by atoms with Crippen LogP contribution < -0.4 is 10.6 Å². The molecule has 1 aliphatic rings. The summed E-state index contributed by atoms with van der Waals surface area (Å²) in [6.07, 6.45) is 5.89. The van der Waals surface area contributed by atoms with Gasteiger partial charge in [0, 0.05) is 17.9 Å². The fraction of sp³-hybridized carbons (Fsp3) is 0.238. The van der Waals surface area contributed by atoms with E-state index in [0.717, 1.165) is 25.7 Å². The smallest absolute Gasteiger partial charge is 0.287 e. The lowest BCUT2D eigenvalue weighted by Gasteiger charge is -2.10. The van der Waals surface area contributed by atoms with E-state index in [1.54, 1.807) is 53.1 Å². The Balaban J connectivity index is 1.64. The number of pyridine rings is 1. The molecule has 3 aromatic rings. The fourth-order valence-electron chi connectivity index (χ4n) is 3.54. The highest BCUT2D eigenvalue weighted by Gasteiger charge is 2.24. The van der Waals surface area contributed by atoms with E-state index in [1.165, 1.54) is 0 Å². The first-order chi connectivity index (χ1) is 13.7. The van der Waals surface area contributed by atoms with Crippen LogP contribution in [0.5, 0.6) is 0 Å². The van der Waals surface area contributed by atoms with Crippen molar-refractivity contribution in [1.82, 2.24) is 14.7 Å². The Morgan fingerprint density at radius 2 is 1.93 bits per heavy atom. The molecule has 0 spiro atoms. The zero-order valence-electron chi connectivity index (χ0n) is 15.2. The molecule has 1 aromatic carbocycles. The topological polar surface area (TPSA) is 99.3 Å². The largest absolute Gasteiger partial charge is 0.347 e. The Morgan fingerprint density at radius 3 is 2.71 bits per heavy atom. The molecule has 2 heterocycles. The first-order valence-electron chi connectivity index (χ1n) is 9.25. The van der Waals surface area contributed by atoms with Crippen molar-refractivity contribution in [3.63, 3.8) is 0 Å². The van der Waals surface area contributed by atoms with Crippen LogP contribution in [-0.2, 0) is 0 Å². The zero-order valence-corrected chi connectivity index (χ0v) is 15.2. The Kier molecular flexibility index (Phi) is 4.77. The maximum atomic E-state index is 12.8. The lowest BCUT2D eigenvalue weighted by molar-refractivity contribution is 0.0926. The van der Waals surface area contributed by atoms with Crippen LogP contribution in [0.15, 0.2) is 48.7 Å². The van der Waals surface area contributed by atoms with Gasteiger partial charge in [0.1, 0.15) is 0 Å². The van der Waals surface area contributed by atoms with E-state index in [4.69, 9.17) is 5.26 Å². The highest BCUT2D eigenvalue weighted by molar-refractivity contribution is 6.09. The molecule has 0 atom stereocenters. The van der Waals surface area contributed by atoms with Crippen molar-refractivity contribution in [1.29, 1.82) is 5.26 Å². The molecule has 0 unspecified atom stereocenters. The van der Waals surface area contributed by atoms with Gasteiger partial charge in [-0.3, -0.25) is 14.0 Å². The van der Waals surface area contributed by atoms with Gasteiger partial charge in [-0.05, 0) is 43.2 Å². The van der Waals surface area contributed by atoms with E-state index in [9.17, 15) is 9.59 Å².